The number of nitrogens with two attached hydrogens (primary N) is 1. The number of fused-ring (bicyclic) bond motifs is 2. The molecule has 2 aromatic heterocycles. The largest absolute Gasteiger partial charge is 0.490 e. The molecule has 0 unspecified atom stereocenters. The molecule has 164 valence electrons. The smallest absolute Gasteiger partial charge is 0.237 e. The molecule has 1 amide bonds. The number of hydrogen-bond donors (Lipinski definition) is 1. The molecule has 0 spiro atoms. The van der Waals surface area contributed by atoms with Crippen LogP contribution in [0.2, 0.25) is 0 Å². The fourth-order valence-corrected chi connectivity index (χ4v) is 4.57. The third kappa shape index (κ3) is 3.87. The molecule has 1 aromatic carbocycles. The van der Waals surface area contributed by atoms with E-state index in [0.717, 1.165) is 66.1 Å². The summed E-state index contributed by atoms with van der Waals surface area (Å²) >= 11 is 0. The number of primary amides is 1. The Bertz CT molecular complexity index is 1200. The molecule has 8 heteroatoms. The van der Waals surface area contributed by atoms with E-state index < -0.39 is 0 Å². The minimum absolute atomic E-state index is 0.0768. The first-order valence-corrected chi connectivity index (χ1v) is 10.9. The summed E-state index contributed by atoms with van der Waals surface area (Å²) in [6, 6.07) is 12.1. The summed E-state index contributed by atoms with van der Waals surface area (Å²) in [7, 11) is 0. The molecule has 3 aromatic rings. The van der Waals surface area contributed by atoms with Gasteiger partial charge in [0.25, 0.3) is 0 Å². The van der Waals surface area contributed by atoms with Gasteiger partial charge in [-0.25, -0.2) is 4.98 Å². The van der Waals surface area contributed by atoms with Crippen molar-refractivity contribution in [3.63, 3.8) is 0 Å². The monoisotopic (exact) mass is 431 g/mol. The van der Waals surface area contributed by atoms with Crippen molar-refractivity contribution in [1.82, 2.24) is 9.55 Å². The number of ether oxygens (including phenoxy) is 2. The maximum absolute atomic E-state index is 11.3. The second-order valence-corrected chi connectivity index (χ2v) is 8.28. The lowest BCUT2D eigenvalue weighted by Gasteiger charge is -2.34. The fraction of sp³-hybridized carbons (Fsp3) is 0.375. The maximum atomic E-state index is 11.3. The summed E-state index contributed by atoms with van der Waals surface area (Å²) in [5, 5.41) is 10.6. The third-order valence-corrected chi connectivity index (χ3v) is 6.17. The molecule has 2 N–H and O–H groups in total. The van der Waals surface area contributed by atoms with Crippen molar-refractivity contribution < 1.29 is 14.3 Å². The molecule has 2 aliphatic heterocycles. The number of anilines is 1. The van der Waals surface area contributed by atoms with Crippen LogP contribution in [0.1, 0.15) is 29.7 Å². The molecule has 5 rings (SSSR count). The van der Waals surface area contributed by atoms with E-state index in [9.17, 15) is 10.1 Å². The predicted molar refractivity (Wildman–Crippen MR) is 119 cm³/mol. The number of aromatic nitrogens is 2. The number of hydrogen-bond acceptors (Lipinski definition) is 6. The highest BCUT2D eigenvalue weighted by molar-refractivity contribution is 5.88. The fourth-order valence-electron chi connectivity index (χ4n) is 4.57. The second-order valence-electron chi connectivity index (χ2n) is 8.28. The van der Waals surface area contributed by atoms with E-state index in [1.54, 1.807) is 0 Å². The van der Waals surface area contributed by atoms with Gasteiger partial charge in [-0.3, -0.25) is 4.79 Å². The number of amides is 1. The molecule has 1 saturated heterocycles. The number of nitrogens with zero attached hydrogens (tertiary/aromatic N) is 4. The second kappa shape index (κ2) is 8.52. The quantitative estimate of drug-likeness (QED) is 0.665. The first-order chi connectivity index (χ1) is 15.6. The van der Waals surface area contributed by atoms with Gasteiger partial charge in [0, 0.05) is 49.5 Å². The zero-order chi connectivity index (χ0) is 22.1. The average molecular weight is 431 g/mol. The average Bonchev–Trinajstić information content (AvgIpc) is 3.22. The van der Waals surface area contributed by atoms with Crippen molar-refractivity contribution in [2.24, 2.45) is 5.73 Å². The Morgan fingerprint density at radius 2 is 2.16 bits per heavy atom. The topological polar surface area (TPSA) is 106 Å². The Kier molecular flexibility index (Phi) is 5.41. The van der Waals surface area contributed by atoms with Gasteiger partial charge in [0.1, 0.15) is 30.3 Å². The summed E-state index contributed by atoms with van der Waals surface area (Å²) in [5.41, 5.74) is 8.95. The van der Waals surface area contributed by atoms with Gasteiger partial charge in [-0.2, -0.15) is 5.26 Å². The molecule has 8 nitrogen and oxygen atoms in total. The molecular formula is C24H25N5O3. The SMILES string of the molecule is N#Cc1cc2c(nc1N1CCC(Oc3cccc4c3ccn4CC(N)=O)CC1)CCOC2. The van der Waals surface area contributed by atoms with Gasteiger partial charge < -0.3 is 24.7 Å². The highest BCUT2D eigenvalue weighted by Crippen LogP contribution is 2.31. The van der Waals surface area contributed by atoms with Crippen LogP contribution >= 0.6 is 0 Å². The number of benzene rings is 1. The molecule has 0 bridgehead atoms. The highest BCUT2D eigenvalue weighted by atomic mass is 16.5. The normalized spacial score (nSPS) is 16.5. The van der Waals surface area contributed by atoms with Crippen LogP contribution in [0, 0.1) is 11.3 Å². The third-order valence-electron chi connectivity index (χ3n) is 6.17. The summed E-state index contributed by atoms with van der Waals surface area (Å²) < 4.78 is 13.7. The lowest BCUT2D eigenvalue weighted by atomic mass is 10.0. The molecule has 0 saturated carbocycles. The molecule has 32 heavy (non-hydrogen) atoms. The summed E-state index contributed by atoms with van der Waals surface area (Å²) in [4.78, 5) is 18.3. The molecular weight excluding hydrogens is 406 g/mol. The molecule has 0 radical (unpaired) electrons. The van der Waals surface area contributed by atoms with Crippen LogP contribution in [0.15, 0.2) is 36.5 Å². The van der Waals surface area contributed by atoms with Crippen LogP contribution in [0.3, 0.4) is 0 Å². The number of nitriles is 1. The zero-order valence-corrected chi connectivity index (χ0v) is 17.8. The van der Waals surface area contributed by atoms with Gasteiger partial charge in [0.15, 0.2) is 0 Å². The Balaban J connectivity index is 1.29. The number of carbonyl (C=O) groups excluding carboxylic acids is 1. The van der Waals surface area contributed by atoms with Gasteiger partial charge in [-0.05, 0) is 24.3 Å². The van der Waals surface area contributed by atoms with Crippen LogP contribution in [-0.2, 0) is 29.1 Å². The van der Waals surface area contributed by atoms with E-state index in [2.05, 4.69) is 11.0 Å². The van der Waals surface area contributed by atoms with E-state index in [0.29, 0.717) is 18.8 Å². The van der Waals surface area contributed by atoms with Crippen LogP contribution in [-0.4, -0.2) is 41.3 Å². The van der Waals surface area contributed by atoms with Crippen LogP contribution in [0.25, 0.3) is 10.9 Å². The van der Waals surface area contributed by atoms with Crippen molar-refractivity contribution in [3.05, 3.63) is 53.3 Å². The number of pyridine rings is 1. The van der Waals surface area contributed by atoms with E-state index in [1.807, 2.05) is 41.1 Å². The standard InChI is InChI=1S/C24H25N5O3/c25-13-16-12-17-15-31-11-7-20(17)27-24(16)28-8-4-18(5-9-28)32-22-3-1-2-21-19(22)6-10-29(21)14-23(26)30/h1-3,6,10,12,18H,4-5,7-9,11,14-15H2,(H2,26,30). The first-order valence-electron chi connectivity index (χ1n) is 10.9. The van der Waals surface area contributed by atoms with Crippen molar-refractivity contribution in [2.45, 2.75) is 38.5 Å². The Labute approximate surface area is 186 Å². The number of carbonyl (C=O) groups is 1. The van der Waals surface area contributed by atoms with Crippen molar-refractivity contribution >= 4 is 22.6 Å². The van der Waals surface area contributed by atoms with Gasteiger partial charge in [-0.15, -0.1) is 0 Å². The van der Waals surface area contributed by atoms with E-state index >= 15 is 0 Å². The zero-order valence-electron chi connectivity index (χ0n) is 17.8. The Morgan fingerprint density at radius 3 is 2.94 bits per heavy atom. The van der Waals surface area contributed by atoms with E-state index in [-0.39, 0.29) is 18.6 Å². The molecule has 0 atom stereocenters. The van der Waals surface area contributed by atoms with Crippen molar-refractivity contribution in [1.29, 1.82) is 5.26 Å². The molecule has 1 fully saturated rings. The lowest BCUT2D eigenvalue weighted by Crippen LogP contribution is -2.39. The molecule has 2 aliphatic rings. The number of piperidine rings is 1. The van der Waals surface area contributed by atoms with Gasteiger partial charge in [0.2, 0.25) is 5.91 Å². The first kappa shape index (κ1) is 20.3. The number of rotatable bonds is 5. The maximum Gasteiger partial charge on any atom is 0.237 e. The highest BCUT2D eigenvalue weighted by Gasteiger charge is 2.25. The Hall–Kier alpha value is -3.57. The summed E-state index contributed by atoms with van der Waals surface area (Å²) in [6.07, 6.45) is 4.40. The minimum Gasteiger partial charge on any atom is -0.490 e. The minimum atomic E-state index is -0.374. The van der Waals surface area contributed by atoms with Crippen LogP contribution < -0.4 is 15.4 Å². The summed E-state index contributed by atoms with van der Waals surface area (Å²) in [5.74, 6) is 1.22. The molecule has 0 aliphatic carbocycles. The van der Waals surface area contributed by atoms with E-state index in [1.165, 1.54) is 0 Å². The van der Waals surface area contributed by atoms with Crippen molar-refractivity contribution in [3.8, 4) is 11.8 Å². The van der Waals surface area contributed by atoms with Crippen molar-refractivity contribution in [2.75, 3.05) is 24.6 Å². The van der Waals surface area contributed by atoms with Crippen LogP contribution in [0.4, 0.5) is 5.82 Å². The van der Waals surface area contributed by atoms with Gasteiger partial charge in [0.05, 0.1) is 30.0 Å². The van der Waals surface area contributed by atoms with Crippen LogP contribution in [0.5, 0.6) is 5.75 Å². The van der Waals surface area contributed by atoms with E-state index in [4.69, 9.17) is 20.2 Å². The Morgan fingerprint density at radius 1 is 1.31 bits per heavy atom. The summed E-state index contributed by atoms with van der Waals surface area (Å²) in [6.45, 7) is 2.90. The van der Waals surface area contributed by atoms with Gasteiger partial charge >= 0.3 is 0 Å². The molecule has 4 heterocycles. The predicted octanol–water partition coefficient (Wildman–Crippen LogP) is 2.51. The van der Waals surface area contributed by atoms with Gasteiger partial charge in [-0.1, -0.05) is 6.07 Å². The lowest BCUT2D eigenvalue weighted by molar-refractivity contribution is -0.118.